The molecule has 0 aromatic heterocycles. The smallest absolute Gasteiger partial charge is 0.227 e. The van der Waals surface area contributed by atoms with E-state index in [2.05, 4.69) is 24.9 Å². The Hall–Kier alpha value is -1.39. The molecule has 0 spiro atoms. The van der Waals surface area contributed by atoms with E-state index in [4.69, 9.17) is 5.73 Å². The number of unbranched alkanes of at least 4 members (excludes halogenated alkanes) is 2. The summed E-state index contributed by atoms with van der Waals surface area (Å²) in [4.78, 5) is 13.8. The lowest BCUT2D eigenvalue weighted by atomic mass is 9.97. The van der Waals surface area contributed by atoms with E-state index in [-0.39, 0.29) is 0 Å². The van der Waals surface area contributed by atoms with Gasteiger partial charge in [-0.25, -0.2) is 0 Å². The number of primary amides is 1. The van der Waals surface area contributed by atoms with Crippen LogP contribution in [-0.2, 0) is 17.8 Å². The van der Waals surface area contributed by atoms with Gasteiger partial charge in [0.1, 0.15) is 0 Å². The summed E-state index contributed by atoms with van der Waals surface area (Å²) in [5.41, 5.74) is 8.56. The number of benzene rings is 1. The molecule has 1 aromatic rings. The number of fused-ring (bicyclic) bond motifs is 1. The van der Waals surface area contributed by atoms with Gasteiger partial charge < -0.3 is 15.7 Å². The van der Waals surface area contributed by atoms with Crippen molar-refractivity contribution in [2.75, 3.05) is 13.6 Å². The van der Waals surface area contributed by atoms with E-state index in [0.29, 0.717) is 6.42 Å². The van der Waals surface area contributed by atoms with Crippen LogP contribution >= 0.6 is 0 Å². The first-order valence-electron chi connectivity index (χ1n) is 7.80. The Morgan fingerprint density at radius 1 is 1.43 bits per heavy atom. The normalized spacial score (nSPS) is 20.8. The van der Waals surface area contributed by atoms with Crippen molar-refractivity contribution in [2.24, 2.45) is 5.73 Å². The van der Waals surface area contributed by atoms with Crippen LogP contribution in [0.25, 0.3) is 0 Å². The molecule has 0 radical (unpaired) electrons. The molecule has 116 valence electrons. The summed E-state index contributed by atoms with van der Waals surface area (Å²) in [6, 6.07) is 6.15. The van der Waals surface area contributed by atoms with Gasteiger partial charge in [-0.3, -0.25) is 4.79 Å². The van der Waals surface area contributed by atoms with E-state index in [1.807, 2.05) is 12.1 Å². The van der Waals surface area contributed by atoms with E-state index < -0.39 is 17.9 Å². The van der Waals surface area contributed by atoms with Crippen LogP contribution in [-0.4, -0.2) is 35.6 Å². The van der Waals surface area contributed by atoms with Crippen LogP contribution in [0, 0.1) is 0 Å². The molecule has 21 heavy (non-hydrogen) atoms. The van der Waals surface area contributed by atoms with Crippen LogP contribution in [0.2, 0.25) is 0 Å². The van der Waals surface area contributed by atoms with E-state index >= 15 is 0 Å². The van der Waals surface area contributed by atoms with E-state index in [0.717, 1.165) is 24.2 Å². The average molecular weight is 290 g/mol. The zero-order valence-electron chi connectivity index (χ0n) is 13.0. The predicted octanol–water partition coefficient (Wildman–Crippen LogP) is 1.79. The molecule has 1 aliphatic carbocycles. The molecule has 4 heteroatoms. The van der Waals surface area contributed by atoms with Crippen molar-refractivity contribution in [3.8, 4) is 0 Å². The summed E-state index contributed by atoms with van der Waals surface area (Å²) in [5.74, 6) is -0.986. The van der Waals surface area contributed by atoms with Crippen LogP contribution < -0.4 is 5.73 Å². The summed E-state index contributed by atoms with van der Waals surface area (Å²) in [5, 5.41) is 9.99. The highest BCUT2D eigenvalue weighted by atomic mass is 16.3. The van der Waals surface area contributed by atoms with E-state index in [9.17, 15) is 9.90 Å². The van der Waals surface area contributed by atoms with Crippen LogP contribution in [0.5, 0.6) is 0 Å². The Morgan fingerprint density at radius 2 is 2.19 bits per heavy atom. The average Bonchev–Trinajstić information content (AvgIpc) is 2.74. The second kappa shape index (κ2) is 7.05. The zero-order valence-corrected chi connectivity index (χ0v) is 13.0. The van der Waals surface area contributed by atoms with Gasteiger partial charge in [0.15, 0.2) is 0 Å². The monoisotopic (exact) mass is 290 g/mol. The number of carbonyl (C=O) groups is 1. The van der Waals surface area contributed by atoms with Gasteiger partial charge in [-0.2, -0.15) is 0 Å². The third-order valence-corrected chi connectivity index (χ3v) is 4.26. The van der Waals surface area contributed by atoms with E-state index in [1.54, 1.807) is 0 Å². The molecule has 0 fully saturated rings. The minimum atomic E-state index is -0.671. The minimum absolute atomic E-state index is 0.435. The lowest BCUT2D eigenvalue weighted by molar-refractivity contribution is -0.121. The number of amides is 1. The third-order valence-electron chi connectivity index (χ3n) is 4.26. The topological polar surface area (TPSA) is 66.6 Å². The van der Waals surface area contributed by atoms with Gasteiger partial charge in [0.25, 0.3) is 0 Å². The Balaban J connectivity index is 2.06. The first-order valence-corrected chi connectivity index (χ1v) is 7.80. The van der Waals surface area contributed by atoms with Crippen molar-refractivity contribution in [2.45, 2.75) is 51.2 Å². The van der Waals surface area contributed by atoms with Crippen molar-refractivity contribution in [1.82, 2.24) is 4.90 Å². The lowest BCUT2D eigenvalue weighted by Crippen LogP contribution is -2.28. The van der Waals surface area contributed by atoms with Crippen LogP contribution in [0.15, 0.2) is 18.2 Å². The van der Waals surface area contributed by atoms with Crippen LogP contribution in [0.3, 0.4) is 0 Å². The number of carbonyl (C=O) groups excluding carboxylic acids is 1. The van der Waals surface area contributed by atoms with Crippen LogP contribution in [0.4, 0.5) is 0 Å². The second-order valence-electron chi connectivity index (χ2n) is 6.13. The number of aliphatic hydroxyl groups excluding tert-OH is 1. The fourth-order valence-corrected chi connectivity index (χ4v) is 3.13. The Morgan fingerprint density at radius 3 is 2.86 bits per heavy atom. The Labute approximate surface area is 126 Å². The second-order valence-corrected chi connectivity index (χ2v) is 6.13. The SMILES string of the molecule is CCCCCN(C)Cc1ccc2c(c1)[C@@H](C(N)=O)[C@H](O)C2. The number of nitrogens with two attached hydrogens (primary N) is 1. The highest BCUT2D eigenvalue weighted by Gasteiger charge is 2.35. The molecule has 0 saturated carbocycles. The summed E-state index contributed by atoms with van der Waals surface area (Å²) >= 11 is 0. The maximum atomic E-state index is 11.5. The molecular formula is C17H26N2O2. The van der Waals surface area contributed by atoms with Crippen molar-refractivity contribution in [1.29, 1.82) is 0 Å². The summed E-state index contributed by atoms with van der Waals surface area (Å²) in [6.45, 7) is 4.14. The fraction of sp³-hybridized carbons (Fsp3) is 0.588. The highest BCUT2D eigenvalue weighted by Crippen LogP contribution is 2.34. The molecule has 2 rings (SSSR count). The first kappa shape index (κ1) is 16.0. The lowest BCUT2D eigenvalue weighted by Gasteiger charge is -2.18. The molecule has 0 saturated heterocycles. The first-order chi connectivity index (χ1) is 10.0. The predicted molar refractivity (Wildman–Crippen MR) is 83.9 cm³/mol. The van der Waals surface area contributed by atoms with Crippen molar-refractivity contribution >= 4 is 5.91 Å². The highest BCUT2D eigenvalue weighted by molar-refractivity contribution is 5.84. The summed E-state index contributed by atoms with van der Waals surface area (Å²) in [7, 11) is 2.11. The van der Waals surface area contributed by atoms with Crippen LogP contribution in [0.1, 0.15) is 48.8 Å². The molecule has 0 bridgehead atoms. The summed E-state index contributed by atoms with van der Waals surface area (Å²) in [6.07, 6.45) is 3.54. The van der Waals surface area contributed by atoms with Gasteiger partial charge in [-0.15, -0.1) is 0 Å². The standard InChI is InChI=1S/C17H26N2O2/c1-3-4-5-8-19(2)11-12-6-7-13-10-15(20)16(17(18)21)14(13)9-12/h6-7,9,15-16,20H,3-5,8,10-11H2,1-2H3,(H2,18,21)/t15-,16-/m1/s1. The molecule has 0 heterocycles. The Bertz CT molecular complexity index is 502. The zero-order chi connectivity index (χ0) is 15.4. The molecule has 1 amide bonds. The van der Waals surface area contributed by atoms with Gasteiger partial charge in [0.05, 0.1) is 12.0 Å². The molecule has 3 N–H and O–H groups in total. The number of nitrogens with zero attached hydrogens (tertiary/aromatic N) is 1. The van der Waals surface area contributed by atoms with Gasteiger partial charge in [-0.05, 0) is 43.1 Å². The molecule has 2 atom stereocenters. The molecule has 1 aliphatic rings. The quantitative estimate of drug-likeness (QED) is 0.752. The number of rotatable bonds is 7. The van der Waals surface area contributed by atoms with Crippen molar-refractivity contribution in [3.05, 3.63) is 34.9 Å². The van der Waals surface area contributed by atoms with Gasteiger partial charge in [-0.1, -0.05) is 38.0 Å². The van der Waals surface area contributed by atoms with Gasteiger partial charge in [0, 0.05) is 6.54 Å². The Kier molecular flexibility index (Phi) is 5.37. The van der Waals surface area contributed by atoms with Crippen molar-refractivity contribution in [3.63, 3.8) is 0 Å². The third kappa shape index (κ3) is 3.83. The van der Waals surface area contributed by atoms with Gasteiger partial charge in [0.2, 0.25) is 5.91 Å². The van der Waals surface area contributed by atoms with E-state index in [1.165, 1.54) is 24.8 Å². The number of hydrogen-bond donors (Lipinski definition) is 2. The molecule has 0 aliphatic heterocycles. The number of aliphatic hydroxyl groups is 1. The fourth-order valence-electron chi connectivity index (χ4n) is 3.13. The molecule has 4 nitrogen and oxygen atoms in total. The number of hydrogen-bond acceptors (Lipinski definition) is 3. The molecular weight excluding hydrogens is 264 g/mol. The largest absolute Gasteiger partial charge is 0.392 e. The minimum Gasteiger partial charge on any atom is -0.392 e. The maximum absolute atomic E-state index is 11.5. The maximum Gasteiger partial charge on any atom is 0.227 e. The summed E-state index contributed by atoms with van der Waals surface area (Å²) < 4.78 is 0. The molecule has 0 unspecified atom stereocenters. The van der Waals surface area contributed by atoms with Crippen molar-refractivity contribution < 1.29 is 9.90 Å². The van der Waals surface area contributed by atoms with Gasteiger partial charge >= 0.3 is 0 Å². The molecule has 1 aromatic carbocycles.